The molecule has 2 aromatic rings. The first-order valence-corrected chi connectivity index (χ1v) is 8.41. The number of carbonyl (C=O) groups excluding carboxylic acids is 1. The third-order valence-corrected chi connectivity index (χ3v) is 5.06. The van der Waals surface area contributed by atoms with Gasteiger partial charge in [0.2, 0.25) is 0 Å². The lowest BCUT2D eigenvalue weighted by Gasteiger charge is -2.07. The van der Waals surface area contributed by atoms with Crippen molar-refractivity contribution in [3.63, 3.8) is 0 Å². The van der Waals surface area contributed by atoms with Crippen LogP contribution in [-0.4, -0.2) is 20.0 Å². The number of aryl methyl sites for hydroxylation is 2. The molecule has 0 aromatic heterocycles. The first-order chi connectivity index (χ1) is 9.79. The molecule has 3 nitrogen and oxygen atoms in total. The van der Waals surface area contributed by atoms with Crippen LogP contribution in [0.1, 0.15) is 21.5 Å². The lowest BCUT2D eigenvalue weighted by atomic mass is 10.0. The molecule has 0 unspecified atom stereocenters. The number of ketones is 1. The second-order valence-electron chi connectivity index (χ2n) is 4.95. The highest BCUT2D eigenvalue weighted by atomic mass is 35.5. The molecule has 21 heavy (non-hydrogen) atoms. The molecule has 0 spiro atoms. The normalized spacial score (nSPS) is 11.4. The Morgan fingerprint density at radius 3 is 2.24 bits per heavy atom. The molecule has 0 aliphatic carbocycles. The quantitative estimate of drug-likeness (QED) is 0.808. The molecular weight excluding hydrogens is 308 g/mol. The molecule has 2 aromatic carbocycles. The van der Waals surface area contributed by atoms with Crippen molar-refractivity contribution in [1.82, 2.24) is 0 Å². The zero-order valence-electron chi connectivity index (χ0n) is 11.8. The van der Waals surface area contributed by atoms with Gasteiger partial charge in [-0.15, -0.1) is 0 Å². The number of carbonyl (C=O) groups is 1. The summed E-state index contributed by atoms with van der Waals surface area (Å²) in [5, 5.41) is 0.453. The van der Waals surface area contributed by atoms with Crippen molar-refractivity contribution < 1.29 is 13.2 Å². The average molecular weight is 323 g/mol. The Labute approximate surface area is 129 Å². The number of hydrogen-bond donors (Lipinski definition) is 0. The summed E-state index contributed by atoms with van der Waals surface area (Å²) in [4.78, 5) is 12.3. The maximum atomic E-state index is 12.2. The second kappa shape index (κ2) is 6.00. The van der Waals surface area contributed by atoms with Crippen LogP contribution in [0.2, 0.25) is 5.02 Å². The van der Waals surface area contributed by atoms with Gasteiger partial charge in [0.05, 0.1) is 4.90 Å². The highest BCUT2D eigenvalue weighted by Gasteiger charge is 2.21. The van der Waals surface area contributed by atoms with E-state index in [4.69, 9.17) is 11.6 Å². The minimum Gasteiger partial charge on any atom is -0.293 e. The van der Waals surface area contributed by atoms with E-state index in [1.807, 2.05) is 13.0 Å². The fourth-order valence-electron chi connectivity index (χ4n) is 2.10. The summed E-state index contributed by atoms with van der Waals surface area (Å²) >= 11 is 5.74. The summed E-state index contributed by atoms with van der Waals surface area (Å²) in [6.45, 7) is 3.72. The molecule has 0 fully saturated rings. The van der Waals surface area contributed by atoms with Crippen LogP contribution in [0, 0.1) is 13.8 Å². The summed E-state index contributed by atoms with van der Waals surface area (Å²) < 4.78 is 24.5. The second-order valence-corrected chi connectivity index (χ2v) is 7.38. The fourth-order valence-corrected chi connectivity index (χ4v) is 3.45. The monoisotopic (exact) mass is 322 g/mol. The molecule has 0 bridgehead atoms. The smallest absolute Gasteiger partial charge is 0.185 e. The Morgan fingerprint density at radius 2 is 1.67 bits per heavy atom. The number of Topliss-reactive ketones (excluding diaryl/α,β-unsaturated/α-hetero) is 1. The summed E-state index contributed by atoms with van der Waals surface area (Å²) in [6, 6.07) is 11.1. The maximum Gasteiger partial charge on any atom is 0.185 e. The lowest BCUT2D eigenvalue weighted by Crippen LogP contribution is -2.17. The van der Waals surface area contributed by atoms with Crippen LogP contribution >= 0.6 is 11.6 Å². The van der Waals surface area contributed by atoms with Crippen molar-refractivity contribution in [2.45, 2.75) is 18.7 Å². The maximum absolute atomic E-state index is 12.2. The molecule has 5 heteroatoms. The van der Waals surface area contributed by atoms with Crippen LogP contribution in [-0.2, 0) is 9.84 Å². The van der Waals surface area contributed by atoms with Gasteiger partial charge in [-0.3, -0.25) is 4.79 Å². The van der Waals surface area contributed by atoms with Crippen molar-refractivity contribution in [3.05, 3.63) is 64.2 Å². The summed E-state index contributed by atoms with van der Waals surface area (Å²) in [7, 11) is -3.66. The lowest BCUT2D eigenvalue weighted by molar-refractivity contribution is 0.102. The first kappa shape index (κ1) is 15.7. The van der Waals surface area contributed by atoms with E-state index in [1.165, 1.54) is 24.3 Å². The number of hydrogen-bond acceptors (Lipinski definition) is 3. The molecule has 2 rings (SSSR count). The number of sulfone groups is 1. The molecule has 0 saturated heterocycles. The third kappa shape index (κ3) is 3.71. The van der Waals surface area contributed by atoms with Crippen molar-refractivity contribution in [2.24, 2.45) is 0 Å². The minimum atomic E-state index is -3.66. The van der Waals surface area contributed by atoms with Gasteiger partial charge in [-0.25, -0.2) is 8.42 Å². The molecule has 0 amide bonds. The standard InChI is InChI=1S/C16H15ClO3S/c1-11-3-8-15(12(2)9-11)16(18)10-21(19,20)14-6-4-13(17)5-7-14/h3-9H,10H2,1-2H3. The van der Waals surface area contributed by atoms with E-state index in [9.17, 15) is 13.2 Å². The van der Waals surface area contributed by atoms with E-state index >= 15 is 0 Å². The highest BCUT2D eigenvalue weighted by Crippen LogP contribution is 2.18. The van der Waals surface area contributed by atoms with E-state index < -0.39 is 21.4 Å². The van der Waals surface area contributed by atoms with Gasteiger partial charge >= 0.3 is 0 Å². The van der Waals surface area contributed by atoms with E-state index in [-0.39, 0.29) is 4.90 Å². The van der Waals surface area contributed by atoms with E-state index in [1.54, 1.807) is 19.1 Å². The number of halogens is 1. The van der Waals surface area contributed by atoms with Crippen LogP contribution in [0.4, 0.5) is 0 Å². The average Bonchev–Trinajstić information content (AvgIpc) is 2.38. The van der Waals surface area contributed by atoms with Gasteiger partial charge in [-0.1, -0.05) is 35.4 Å². The number of rotatable bonds is 4. The van der Waals surface area contributed by atoms with Gasteiger partial charge in [0.1, 0.15) is 5.75 Å². The Balaban J connectivity index is 2.28. The third-order valence-electron chi connectivity index (χ3n) is 3.18. The van der Waals surface area contributed by atoms with Crippen LogP contribution in [0.15, 0.2) is 47.4 Å². The Bertz CT molecular complexity index is 778. The summed E-state index contributed by atoms with van der Waals surface area (Å²) in [5.41, 5.74) is 2.26. The minimum absolute atomic E-state index is 0.102. The number of benzene rings is 2. The SMILES string of the molecule is Cc1ccc(C(=O)CS(=O)(=O)c2ccc(Cl)cc2)c(C)c1. The van der Waals surface area contributed by atoms with Crippen LogP contribution < -0.4 is 0 Å². The van der Waals surface area contributed by atoms with E-state index in [2.05, 4.69) is 0 Å². The largest absolute Gasteiger partial charge is 0.293 e. The van der Waals surface area contributed by atoms with Crippen LogP contribution in [0.5, 0.6) is 0 Å². The zero-order valence-corrected chi connectivity index (χ0v) is 13.3. The molecule has 0 heterocycles. The predicted molar refractivity (Wildman–Crippen MR) is 83.8 cm³/mol. The topological polar surface area (TPSA) is 51.2 Å². The van der Waals surface area contributed by atoms with Gasteiger partial charge in [0, 0.05) is 10.6 Å². The molecule has 110 valence electrons. The van der Waals surface area contributed by atoms with Gasteiger partial charge in [-0.2, -0.15) is 0 Å². The van der Waals surface area contributed by atoms with Crippen molar-refractivity contribution >= 4 is 27.2 Å². The van der Waals surface area contributed by atoms with E-state index in [0.717, 1.165) is 11.1 Å². The molecule has 0 atom stereocenters. The molecular formula is C16H15ClO3S. The Kier molecular flexibility index (Phi) is 4.49. The van der Waals surface area contributed by atoms with Crippen molar-refractivity contribution in [3.8, 4) is 0 Å². The van der Waals surface area contributed by atoms with E-state index in [0.29, 0.717) is 10.6 Å². The molecule has 0 radical (unpaired) electrons. The van der Waals surface area contributed by atoms with Gasteiger partial charge < -0.3 is 0 Å². The molecule has 0 N–H and O–H groups in total. The predicted octanol–water partition coefficient (Wildman–Crippen LogP) is 3.61. The Morgan fingerprint density at radius 1 is 1.05 bits per heavy atom. The van der Waals surface area contributed by atoms with Crippen molar-refractivity contribution in [2.75, 3.05) is 5.75 Å². The van der Waals surface area contributed by atoms with Gasteiger partial charge in [0.25, 0.3) is 0 Å². The van der Waals surface area contributed by atoms with Gasteiger partial charge in [-0.05, 0) is 43.7 Å². The highest BCUT2D eigenvalue weighted by molar-refractivity contribution is 7.92. The Hall–Kier alpha value is -1.65. The molecule has 0 saturated carbocycles. The van der Waals surface area contributed by atoms with Crippen LogP contribution in [0.3, 0.4) is 0 Å². The van der Waals surface area contributed by atoms with Gasteiger partial charge in [0.15, 0.2) is 15.6 Å². The van der Waals surface area contributed by atoms with Crippen LogP contribution in [0.25, 0.3) is 0 Å². The fraction of sp³-hybridized carbons (Fsp3) is 0.188. The summed E-state index contributed by atoms with van der Waals surface area (Å²) in [6.07, 6.45) is 0. The van der Waals surface area contributed by atoms with Crippen molar-refractivity contribution in [1.29, 1.82) is 0 Å². The molecule has 0 aliphatic heterocycles. The zero-order chi connectivity index (χ0) is 15.6. The molecule has 0 aliphatic rings. The summed E-state index contributed by atoms with van der Waals surface area (Å²) in [5.74, 6) is -0.944. The first-order valence-electron chi connectivity index (χ1n) is 6.38.